The molecule has 0 saturated carbocycles. The molecule has 0 amide bonds. The average molecular weight is 354 g/mol. The summed E-state index contributed by atoms with van der Waals surface area (Å²) in [6, 6.07) is 9.11. The Morgan fingerprint density at radius 1 is 1.33 bits per heavy atom. The number of anilines is 1. The standard InChI is InChI=1S/C15H13BrFNO3/c1-21-14-5-2-9(15(19)20)7-13(14)18-8-10-6-11(16)3-4-12(10)17/h2-7,18H,8H2,1H3,(H,19,20). The normalized spacial score (nSPS) is 10.2. The SMILES string of the molecule is COc1ccc(C(=O)O)cc1NCc1cc(Br)ccc1F. The quantitative estimate of drug-likeness (QED) is 0.855. The van der Waals surface area contributed by atoms with Gasteiger partial charge in [0.1, 0.15) is 11.6 Å². The molecule has 0 aromatic heterocycles. The van der Waals surface area contributed by atoms with Crippen molar-refractivity contribution in [3.63, 3.8) is 0 Å². The fourth-order valence-corrected chi connectivity index (χ4v) is 2.26. The number of benzene rings is 2. The summed E-state index contributed by atoms with van der Waals surface area (Å²) in [7, 11) is 1.49. The second-order valence-corrected chi connectivity index (χ2v) is 5.23. The van der Waals surface area contributed by atoms with Crippen LogP contribution >= 0.6 is 15.9 Å². The van der Waals surface area contributed by atoms with Crippen LogP contribution in [0.4, 0.5) is 10.1 Å². The van der Waals surface area contributed by atoms with Crippen molar-refractivity contribution < 1.29 is 19.0 Å². The highest BCUT2D eigenvalue weighted by Gasteiger charge is 2.10. The molecule has 0 aliphatic rings. The lowest BCUT2D eigenvalue weighted by Gasteiger charge is -2.12. The van der Waals surface area contributed by atoms with Crippen LogP contribution in [0.3, 0.4) is 0 Å². The maximum absolute atomic E-state index is 13.7. The smallest absolute Gasteiger partial charge is 0.335 e. The Kier molecular flexibility index (Phi) is 4.80. The maximum atomic E-state index is 13.7. The molecule has 2 N–H and O–H groups in total. The number of carboxylic acid groups (broad SMARTS) is 1. The van der Waals surface area contributed by atoms with Crippen molar-refractivity contribution in [2.24, 2.45) is 0 Å². The van der Waals surface area contributed by atoms with E-state index in [9.17, 15) is 9.18 Å². The molecule has 0 radical (unpaired) electrons. The lowest BCUT2D eigenvalue weighted by Crippen LogP contribution is -2.05. The first-order valence-electron chi connectivity index (χ1n) is 6.10. The van der Waals surface area contributed by atoms with E-state index >= 15 is 0 Å². The van der Waals surface area contributed by atoms with E-state index in [0.29, 0.717) is 17.0 Å². The van der Waals surface area contributed by atoms with Crippen LogP contribution in [0.2, 0.25) is 0 Å². The molecule has 2 aromatic carbocycles. The highest BCUT2D eigenvalue weighted by molar-refractivity contribution is 9.10. The molecule has 2 aromatic rings. The van der Waals surface area contributed by atoms with Crippen LogP contribution in [0, 0.1) is 5.82 Å². The van der Waals surface area contributed by atoms with E-state index in [4.69, 9.17) is 9.84 Å². The molecule has 0 spiro atoms. The van der Waals surface area contributed by atoms with Gasteiger partial charge in [0.15, 0.2) is 0 Å². The van der Waals surface area contributed by atoms with Gasteiger partial charge in [0.25, 0.3) is 0 Å². The van der Waals surface area contributed by atoms with Crippen LogP contribution in [-0.4, -0.2) is 18.2 Å². The highest BCUT2D eigenvalue weighted by atomic mass is 79.9. The lowest BCUT2D eigenvalue weighted by atomic mass is 10.1. The molecule has 0 saturated heterocycles. The lowest BCUT2D eigenvalue weighted by molar-refractivity contribution is 0.0697. The van der Waals surface area contributed by atoms with Crippen molar-refractivity contribution in [1.29, 1.82) is 0 Å². The summed E-state index contributed by atoms with van der Waals surface area (Å²) in [4.78, 5) is 11.0. The molecule has 0 fully saturated rings. The summed E-state index contributed by atoms with van der Waals surface area (Å²) in [5.41, 5.74) is 1.09. The number of halogens is 2. The predicted molar refractivity (Wildman–Crippen MR) is 81.4 cm³/mol. The number of rotatable bonds is 5. The number of carboxylic acids is 1. The monoisotopic (exact) mass is 353 g/mol. The Bertz CT molecular complexity index is 676. The zero-order valence-corrected chi connectivity index (χ0v) is 12.8. The third-order valence-electron chi connectivity index (χ3n) is 2.92. The van der Waals surface area contributed by atoms with Gasteiger partial charge in [-0.3, -0.25) is 0 Å². The average Bonchev–Trinajstić information content (AvgIpc) is 2.47. The van der Waals surface area contributed by atoms with E-state index in [-0.39, 0.29) is 17.9 Å². The maximum Gasteiger partial charge on any atom is 0.335 e. The molecule has 0 aliphatic carbocycles. The minimum Gasteiger partial charge on any atom is -0.495 e. The van der Waals surface area contributed by atoms with Crippen molar-refractivity contribution in [3.05, 3.63) is 57.8 Å². The summed E-state index contributed by atoms with van der Waals surface area (Å²) in [5, 5.41) is 12.0. The Morgan fingerprint density at radius 3 is 2.76 bits per heavy atom. The van der Waals surface area contributed by atoms with Crippen LogP contribution in [0.1, 0.15) is 15.9 Å². The Balaban J connectivity index is 2.24. The van der Waals surface area contributed by atoms with E-state index in [1.54, 1.807) is 18.2 Å². The van der Waals surface area contributed by atoms with E-state index in [1.807, 2.05) is 0 Å². The van der Waals surface area contributed by atoms with Gasteiger partial charge in [0.05, 0.1) is 18.4 Å². The van der Waals surface area contributed by atoms with E-state index in [0.717, 1.165) is 4.47 Å². The molecular weight excluding hydrogens is 341 g/mol. The third kappa shape index (κ3) is 3.72. The Labute approximate surface area is 129 Å². The second-order valence-electron chi connectivity index (χ2n) is 4.31. The summed E-state index contributed by atoms with van der Waals surface area (Å²) in [6.07, 6.45) is 0. The van der Waals surface area contributed by atoms with Crippen molar-refractivity contribution in [2.45, 2.75) is 6.54 Å². The van der Waals surface area contributed by atoms with Crippen LogP contribution < -0.4 is 10.1 Å². The highest BCUT2D eigenvalue weighted by Crippen LogP contribution is 2.26. The fourth-order valence-electron chi connectivity index (χ4n) is 1.85. The molecular formula is C15H13BrFNO3. The number of aromatic carboxylic acids is 1. The van der Waals surface area contributed by atoms with Gasteiger partial charge in [-0.15, -0.1) is 0 Å². The minimum absolute atomic E-state index is 0.132. The second kappa shape index (κ2) is 6.58. The third-order valence-corrected chi connectivity index (χ3v) is 3.42. The molecule has 21 heavy (non-hydrogen) atoms. The molecule has 110 valence electrons. The van der Waals surface area contributed by atoms with Crippen LogP contribution in [0.25, 0.3) is 0 Å². The van der Waals surface area contributed by atoms with E-state index in [1.165, 1.54) is 25.3 Å². The van der Waals surface area contributed by atoms with Crippen molar-refractivity contribution in [1.82, 2.24) is 0 Å². The van der Waals surface area contributed by atoms with Gasteiger partial charge in [0.2, 0.25) is 0 Å². The largest absolute Gasteiger partial charge is 0.495 e. The van der Waals surface area contributed by atoms with Gasteiger partial charge in [-0.05, 0) is 36.4 Å². The van der Waals surface area contributed by atoms with Gasteiger partial charge in [-0.25, -0.2) is 9.18 Å². The van der Waals surface area contributed by atoms with Crippen molar-refractivity contribution in [2.75, 3.05) is 12.4 Å². The molecule has 0 bridgehead atoms. The number of carbonyl (C=O) groups is 1. The van der Waals surface area contributed by atoms with Gasteiger partial charge < -0.3 is 15.2 Å². The van der Waals surface area contributed by atoms with Gasteiger partial charge >= 0.3 is 5.97 Å². The molecule has 0 heterocycles. The zero-order chi connectivity index (χ0) is 15.4. The van der Waals surface area contributed by atoms with Crippen molar-refractivity contribution in [3.8, 4) is 5.75 Å². The molecule has 0 atom stereocenters. The molecule has 6 heteroatoms. The number of nitrogens with one attached hydrogen (secondary N) is 1. The fraction of sp³-hybridized carbons (Fsp3) is 0.133. The Morgan fingerprint density at radius 2 is 2.10 bits per heavy atom. The van der Waals surface area contributed by atoms with Crippen molar-refractivity contribution >= 4 is 27.6 Å². The molecule has 0 unspecified atom stereocenters. The summed E-state index contributed by atoms with van der Waals surface area (Å²) < 4.78 is 19.6. The molecule has 2 rings (SSSR count). The Hall–Kier alpha value is -2.08. The van der Waals surface area contributed by atoms with E-state index < -0.39 is 5.97 Å². The first kappa shape index (κ1) is 15.3. The van der Waals surface area contributed by atoms with Crippen LogP contribution in [0.15, 0.2) is 40.9 Å². The predicted octanol–water partition coefficient (Wildman–Crippen LogP) is 3.91. The summed E-state index contributed by atoms with van der Waals surface area (Å²) in [6.45, 7) is 0.213. The number of ether oxygens (including phenoxy) is 1. The van der Waals surface area contributed by atoms with Gasteiger partial charge in [-0.2, -0.15) is 0 Å². The van der Waals surface area contributed by atoms with Gasteiger partial charge in [0, 0.05) is 16.6 Å². The zero-order valence-electron chi connectivity index (χ0n) is 11.2. The minimum atomic E-state index is -1.03. The first-order valence-corrected chi connectivity index (χ1v) is 6.89. The summed E-state index contributed by atoms with van der Waals surface area (Å²) >= 11 is 3.28. The van der Waals surface area contributed by atoms with Gasteiger partial charge in [-0.1, -0.05) is 15.9 Å². The van der Waals surface area contributed by atoms with Crippen LogP contribution in [0.5, 0.6) is 5.75 Å². The molecule has 0 aliphatic heterocycles. The topological polar surface area (TPSA) is 58.6 Å². The number of hydrogen-bond donors (Lipinski definition) is 2. The number of hydrogen-bond acceptors (Lipinski definition) is 3. The number of methoxy groups -OCH3 is 1. The molecule has 4 nitrogen and oxygen atoms in total. The summed E-state index contributed by atoms with van der Waals surface area (Å²) in [5.74, 6) is -0.871. The van der Waals surface area contributed by atoms with Crippen LogP contribution in [-0.2, 0) is 6.54 Å². The van der Waals surface area contributed by atoms with E-state index in [2.05, 4.69) is 21.2 Å². The first-order chi connectivity index (χ1) is 10.0.